The number of rotatable bonds is 3. The van der Waals surface area contributed by atoms with E-state index in [9.17, 15) is 0 Å². The van der Waals surface area contributed by atoms with E-state index >= 15 is 0 Å². The van der Waals surface area contributed by atoms with Crippen LogP contribution in [-0.4, -0.2) is 50.3 Å². The van der Waals surface area contributed by atoms with Crippen LogP contribution in [0.25, 0.3) is 0 Å². The van der Waals surface area contributed by atoms with Gasteiger partial charge in [0.05, 0.1) is 15.7 Å². The van der Waals surface area contributed by atoms with Gasteiger partial charge in [-0.2, -0.15) is 0 Å². The summed E-state index contributed by atoms with van der Waals surface area (Å²) in [6, 6.07) is 13.6. The quantitative estimate of drug-likeness (QED) is 0.806. The van der Waals surface area contributed by atoms with Crippen LogP contribution in [0.5, 0.6) is 11.5 Å². The third-order valence-corrected chi connectivity index (χ3v) is 5.48. The molecular weight excluding hydrogens is 359 g/mol. The molecule has 2 aromatic rings. The minimum Gasteiger partial charge on any atom is -0.486 e. The molecule has 0 saturated carbocycles. The Morgan fingerprint density at radius 2 is 1.68 bits per heavy atom. The molecule has 0 aromatic heterocycles. The minimum absolute atomic E-state index is 0.0659. The van der Waals surface area contributed by atoms with E-state index in [4.69, 9.17) is 32.7 Å². The van der Waals surface area contributed by atoms with Crippen LogP contribution in [0, 0.1) is 0 Å². The summed E-state index contributed by atoms with van der Waals surface area (Å²) < 4.78 is 11.9. The van der Waals surface area contributed by atoms with Gasteiger partial charge < -0.3 is 14.4 Å². The van der Waals surface area contributed by atoms with Crippen molar-refractivity contribution in [3.8, 4) is 11.5 Å². The molecule has 1 atom stereocenters. The lowest BCUT2D eigenvalue weighted by Crippen LogP contribution is -2.50. The number of piperazine rings is 1. The fraction of sp³-hybridized carbons (Fsp3) is 0.368. The normalized spacial score (nSPS) is 20.6. The number of halogens is 2. The summed E-state index contributed by atoms with van der Waals surface area (Å²) in [5.74, 6) is 1.67. The first-order chi connectivity index (χ1) is 12.2. The molecular formula is C19H20Cl2N2O2. The smallest absolute Gasteiger partial charge is 0.161 e. The zero-order chi connectivity index (χ0) is 17.2. The highest BCUT2D eigenvalue weighted by molar-refractivity contribution is 6.43. The molecule has 0 spiro atoms. The van der Waals surface area contributed by atoms with Gasteiger partial charge >= 0.3 is 0 Å². The largest absolute Gasteiger partial charge is 0.486 e. The van der Waals surface area contributed by atoms with E-state index in [1.807, 2.05) is 42.5 Å². The standard InChI is InChI=1S/C19H20Cl2N2O2/c20-15-4-3-5-16(19(15)21)23-10-8-22(9-11-23)12-14-13-24-17-6-1-2-7-18(17)25-14/h1-7,14H,8-13H2. The summed E-state index contributed by atoms with van der Waals surface area (Å²) in [6.45, 7) is 5.23. The van der Waals surface area contributed by atoms with Crippen LogP contribution in [0.3, 0.4) is 0 Å². The van der Waals surface area contributed by atoms with E-state index in [2.05, 4.69) is 9.80 Å². The second kappa shape index (κ2) is 7.32. The van der Waals surface area contributed by atoms with Crippen LogP contribution in [0.2, 0.25) is 10.0 Å². The molecule has 0 amide bonds. The average molecular weight is 379 g/mol. The first-order valence-corrected chi connectivity index (χ1v) is 9.26. The van der Waals surface area contributed by atoms with Gasteiger partial charge in [-0.1, -0.05) is 41.4 Å². The Labute approximate surface area is 157 Å². The van der Waals surface area contributed by atoms with Crippen molar-refractivity contribution in [3.05, 3.63) is 52.5 Å². The summed E-state index contributed by atoms with van der Waals surface area (Å²) in [7, 11) is 0. The first-order valence-electron chi connectivity index (χ1n) is 8.50. The van der Waals surface area contributed by atoms with E-state index < -0.39 is 0 Å². The minimum atomic E-state index is 0.0659. The average Bonchev–Trinajstić information content (AvgIpc) is 2.65. The van der Waals surface area contributed by atoms with Crippen molar-refractivity contribution in [1.82, 2.24) is 4.90 Å². The summed E-state index contributed by atoms with van der Waals surface area (Å²) in [5.41, 5.74) is 1.01. The van der Waals surface area contributed by atoms with Crippen LogP contribution in [0.15, 0.2) is 42.5 Å². The fourth-order valence-electron chi connectivity index (χ4n) is 3.35. The van der Waals surface area contributed by atoms with Crippen LogP contribution in [0.4, 0.5) is 5.69 Å². The molecule has 0 N–H and O–H groups in total. The molecule has 0 bridgehead atoms. The summed E-state index contributed by atoms with van der Waals surface area (Å²) in [6.07, 6.45) is 0.0659. The monoisotopic (exact) mass is 378 g/mol. The van der Waals surface area contributed by atoms with Gasteiger partial charge in [-0.3, -0.25) is 4.90 Å². The molecule has 132 valence electrons. The molecule has 4 nitrogen and oxygen atoms in total. The van der Waals surface area contributed by atoms with Crippen molar-refractivity contribution in [2.45, 2.75) is 6.10 Å². The molecule has 4 rings (SSSR count). The number of hydrogen-bond donors (Lipinski definition) is 0. The zero-order valence-corrected chi connectivity index (χ0v) is 15.3. The molecule has 2 aliphatic heterocycles. The van der Waals surface area contributed by atoms with Gasteiger partial charge in [0, 0.05) is 32.7 Å². The Morgan fingerprint density at radius 3 is 2.48 bits per heavy atom. The number of nitrogens with zero attached hydrogens (tertiary/aromatic N) is 2. The Kier molecular flexibility index (Phi) is 4.93. The van der Waals surface area contributed by atoms with E-state index in [0.29, 0.717) is 16.7 Å². The number of ether oxygens (including phenoxy) is 2. The van der Waals surface area contributed by atoms with Crippen LogP contribution in [-0.2, 0) is 0 Å². The van der Waals surface area contributed by atoms with Crippen molar-refractivity contribution in [1.29, 1.82) is 0 Å². The Bertz CT molecular complexity index is 748. The molecule has 6 heteroatoms. The van der Waals surface area contributed by atoms with Gasteiger partial charge in [-0.15, -0.1) is 0 Å². The van der Waals surface area contributed by atoms with Crippen molar-refractivity contribution in [2.24, 2.45) is 0 Å². The Morgan fingerprint density at radius 1 is 0.920 bits per heavy atom. The van der Waals surface area contributed by atoms with E-state index in [0.717, 1.165) is 49.9 Å². The first kappa shape index (κ1) is 16.8. The molecule has 2 aliphatic rings. The SMILES string of the molecule is Clc1cccc(N2CCN(CC3COc4ccccc4O3)CC2)c1Cl. The maximum Gasteiger partial charge on any atom is 0.161 e. The second-order valence-corrected chi connectivity index (χ2v) is 7.14. The fourth-order valence-corrected chi connectivity index (χ4v) is 3.76. The zero-order valence-electron chi connectivity index (χ0n) is 13.8. The Hall–Kier alpha value is -1.62. The van der Waals surface area contributed by atoms with Crippen LogP contribution in [0.1, 0.15) is 0 Å². The van der Waals surface area contributed by atoms with Crippen LogP contribution < -0.4 is 14.4 Å². The lowest BCUT2D eigenvalue weighted by molar-refractivity contribution is 0.0571. The molecule has 1 unspecified atom stereocenters. The number of benzene rings is 2. The third-order valence-electron chi connectivity index (χ3n) is 4.67. The lowest BCUT2D eigenvalue weighted by atomic mass is 10.2. The molecule has 2 heterocycles. The molecule has 25 heavy (non-hydrogen) atoms. The highest BCUT2D eigenvalue weighted by Crippen LogP contribution is 2.33. The van der Waals surface area contributed by atoms with Crippen molar-refractivity contribution in [3.63, 3.8) is 0 Å². The predicted molar refractivity (Wildman–Crippen MR) is 101 cm³/mol. The number of anilines is 1. The summed E-state index contributed by atoms with van der Waals surface area (Å²) in [5, 5.41) is 1.24. The van der Waals surface area contributed by atoms with Gasteiger partial charge in [0.1, 0.15) is 12.7 Å². The Balaban J connectivity index is 1.33. The van der Waals surface area contributed by atoms with Crippen LogP contribution >= 0.6 is 23.2 Å². The number of para-hydroxylation sites is 2. The topological polar surface area (TPSA) is 24.9 Å². The number of fused-ring (bicyclic) bond motifs is 1. The van der Waals surface area contributed by atoms with Gasteiger partial charge in [0.25, 0.3) is 0 Å². The van der Waals surface area contributed by atoms with Crippen molar-refractivity contribution >= 4 is 28.9 Å². The summed E-state index contributed by atoms with van der Waals surface area (Å²) in [4.78, 5) is 4.70. The summed E-state index contributed by atoms with van der Waals surface area (Å²) >= 11 is 12.5. The van der Waals surface area contributed by atoms with Gasteiger partial charge in [-0.25, -0.2) is 0 Å². The molecule has 2 aromatic carbocycles. The molecule has 1 fully saturated rings. The maximum atomic E-state index is 6.34. The maximum absolute atomic E-state index is 6.34. The second-order valence-electron chi connectivity index (χ2n) is 6.36. The van der Waals surface area contributed by atoms with E-state index in [-0.39, 0.29) is 6.10 Å². The van der Waals surface area contributed by atoms with Crippen molar-refractivity contribution < 1.29 is 9.47 Å². The third kappa shape index (κ3) is 3.66. The highest BCUT2D eigenvalue weighted by atomic mass is 35.5. The molecule has 0 radical (unpaired) electrons. The van der Waals surface area contributed by atoms with E-state index in [1.54, 1.807) is 0 Å². The van der Waals surface area contributed by atoms with Crippen molar-refractivity contribution in [2.75, 3.05) is 44.2 Å². The van der Waals surface area contributed by atoms with E-state index in [1.165, 1.54) is 0 Å². The van der Waals surface area contributed by atoms with Gasteiger partial charge in [-0.05, 0) is 24.3 Å². The predicted octanol–water partition coefficient (Wildman–Crippen LogP) is 3.96. The lowest BCUT2D eigenvalue weighted by Gasteiger charge is -2.38. The molecule has 0 aliphatic carbocycles. The van der Waals surface area contributed by atoms with Gasteiger partial charge in [0.2, 0.25) is 0 Å². The van der Waals surface area contributed by atoms with Gasteiger partial charge in [0.15, 0.2) is 11.5 Å². The number of hydrogen-bond acceptors (Lipinski definition) is 4. The highest BCUT2D eigenvalue weighted by Gasteiger charge is 2.26. The molecule has 1 saturated heterocycles.